The quantitative estimate of drug-likeness (QED) is 0.741. The van der Waals surface area contributed by atoms with E-state index in [1.165, 1.54) is 0 Å². The van der Waals surface area contributed by atoms with E-state index in [1.54, 1.807) is 4.90 Å². The molecule has 23 heavy (non-hydrogen) atoms. The summed E-state index contributed by atoms with van der Waals surface area (Å²) >= 11 is 0. The van der Waals surface area contributed by atoms with Crippen LogP contribution in [-0.4, -0.2) is 46.7 Å². The number of carbonyl (C=O) groups is 2. The molecule has 2 aliphatic rings. The molecule has 0 radical (unpaired) electrons. The van der Waals surface area contributed by atoms with Crippen molar-refractivity contribution in [3.05, 3.63) is 0 Å². The fraction of sp³-hybridized carbons (Fsp3) is 0.889. The molecule has 0 spiro atoms. The minimum absolute atomic E-state index is 0.121. The lowest BCUT2D eigenvalue weighted by Gasteiger charge is -2.39. The van der Waals surface area contributed by atoms with Crippen molar-refractivity contribution in [3.63, 3.8) is 0 Å². The van der Waals surface area contributed by atoms with Crippen LogP contribution in [0.2, 0.25) is 0 Å². The van der Waals surface area contributed by atoms with Gasteiger partial charge in [0.05, 0.1) is 11.2 Å². The summed E-state index contributed by atoms with van der Waals surface area (Å²) in [6, 6.07) is 0. The van der Waals surface area contributed by atoms with Crippen molar-refractivity contribution in [2.45, 2.75) is 78.1 Å². The van der Waals surface area contributed by atoms with E-state index in [0.29, 0.717) is 19.5 Å². The van der Waals surface area contributed by atoms with E-state index in [1.807, 2.05) is 34.6 Å². The molecule has 5 nitrogen and oxygen atoms in total. The summed E-state index contributed by atoms with van der Waals surface area (Å²) in [6.45, 7) is 14.7. The van der Waals surface area contributed by atoms with Crippen LogP contribution in [0.4, 0.5) is 4.79 Å². The third-order valence-corrected chi connectivity index (χ3v) is 4.74. The molecule has 1 amide bonds. The molecule has 0 aromatic carbocycles. The van der Waals surface area contributed by atoms with E-state index >= 15 is 0 Å². The summed E-state index contributed by atoms with van der Waals surface area (Å²) < 4.78 is 11.6. The van der Waals surface area contributed by atoms with Gasteiger partial charge in [0.15, 0.2) is 0 Å². The predicted molar refractivity (Wildman–Crippen MR) is 88.3 cm³/mol. The van der Waals surface area contributed by atoms with E-state index in [-0.39, 0.29) is 34.9 Å². The van der Waals surface area contributed by atoms with Crippen molar-refractivity contribution < 1.29 is 19.1 Å². The average molecular weight is 325 g/mol. The predicted octanol–water partition coefficient (Wildman–Crippen LogP) is 3.41. The molecular formula is C18H31NO4. The van der Waals surface area contributed by atoms with Crippen LogP contribution in [-0.2, 0) is 14.3 Å². The van der Waals surface area contributed by atoms with Crippen molar-refractivity contribution in [1.29, 1.82) is 0 Å². The molecule has 0 N–H and O–H groups in total. The van der Waals surface area contributed by atoms with Gasteiger partial charge in [-0.2, -0.15) is 0 Å². The van der Waals surface area contributed by atoms with Gasteiger partial charge in [0.2, 0.25) is 0 Å². The SMILES string of the molecule is CC(C)(C)OC(=O)N1CCC(=O)C(C2CC(C)(C)OC2(C)C)C1. The lowest BCUT2D eigenvalue weighted by molar-refractivity contribution is -0.132. The van der Waals surface area contributed by atoms with Gasteiger partial charge in [-0.15, -0.1) is 0 Å². The number of likely N-dealkylation sites (tertiary alicyclic amines) is 1. The number of nitrogens with zero attached hydrogens (tertiary/aromatic N) is 1. The van der Waals surface area contributed by atoms with Gasteiger partial charge in [0.25, 0.3) is 0 Å². The van der Waals surface area contributed by atoms with E-state index < -0.39 is 5.60 Å². The van der Waals surface area contributed by atoms with Gasteiger partial charge in [-0.1, -0.05) is 0 Å². The highest BCUT2D eigenvalue weighted by molar-refractivity contribution is 5.84. The molecule has 0 aromatic rings. The van der Waals surface area contributed by atoms with E-state index in [0.717, 1.165) is 6.42 Å². The zero-order valence-electron chi connectivity index (χ0n) is 15.6. The van der Waals surface area contributed by atoms with Gasteiger partial charge in [-0.05, 0) is 54.9 Å². The Bertz CT molecular complexity index is 490. The van der Waals surface area contributed by atoms with Crippen LogP contribution in [0.5, 0.6) is 0 Å². The van der Waals surface area contributed by atoms with E-state index in [2.05, 4.69) is 13.8 Å². The maximum atomic E-state index is 12.5. The molecule has 5 heteroatoms. The van der Waals surface area contributed by atoms with Crippen LogP contribution in [0.3, 0.4) is 0 Å². The summed E-state index contributed by atoms with van der Waals surface area (Å²) in [5.74, 6) is 0.187. The Kier molecular flexibility index (Phi) is 4.57. The molecular weight excluding hydrogens is 294 g/mol. The Labute approximate surface area is 139 Å². The second-order valence-corrected chi connectivity index (χ2v) is 9.02. The maximum Gasteiger partial charge on any atom is 0.410 e. The van der Waals surface area contributed by atoms with Crippen LogP contribution in [0.1, 0.15) is 61.3 Å². The number of carbonyl (C=O) groups excluding carboxylic acids is 2. The molecule has 2 unspecified atom stereocenters. The number of hydrogen-bond donors (Lipinski definition) is 0. The summed E-state index contributed by atoms with van der Waals surface area (Å²) in [7, 11) is 0. The minimum Gasteiger partial charge on any atom is -0.444 e. The van der Waals surface area contributed by atoms with Crippen LogP contribution < -0.4 is 0 Å². The molecule has 0 bridgehead atoms. The topological polar surface area (TPSA) is 55.8 Å². The summed E-state index contributed by atoms with van der Waals surface area (Å²) in [6.07, 6.45) is 0.904. The zero-order valence-corrected chi connectivity index (χ0v) is 15.6. The number of rotatable bonds is 1. The van der Waals surface area contributed by atoms with E-state index in [9.17, 15) is 9.59 Å². The number of ketones is 1. The first-order chi connectivity index (χ1) is 10.3. The Hall–Kier alpha value is -1.10. The van der Waals surface area contributed by atoms with Crippen LogP contribution in [0, 0.1) is 11.8 Å². The largest absolute Gasteiger partial charge is 0.444 e. The van der Waals surface area contributed by atoms with Crippen molar-refractivity contribution in [1.82, 2.24) is 4.90 Å². The molecule has 2 saturated heterocycles. The number of piperidine rings is 1. The lowest BCUT2D eigenvalue weighted by Crippen LogP contribution is -2.50. The van der Waals surface area contributed by atoms with Gasteiger partial charge in [0, 0.05) is 31.3 Å². The minimum atomic E-state index is -0.522. The second kappa shape index (κ2) is 5.76. The second-order valence-electron chi connectivity index (χ2n) is 9.02. The number of hydrogen-bond acceptors (Lipinski definition) is 4. The first-order valence-corrected chi connectivity index (χ1v) is 8.52. The standard InChI is InChI=1S/C18H31NO4/c1-16(2,3)22-15(21)19-9-8-14(20)12(11-19)13-10-17(4,5)23-18(13,6)7/h12-13H,8-11H2,1-7H3. The first kappa shape index (κ1) is 18.2. The summed E-state index contributed by atoms with van der Waals surface area (Å²) in [5, 5.41) is 0. The molecule has 2 aliphatic heterocycles. The van der Waals surface area contributed by atoms with Gasteiger partial charge >= 0.3 is 6.09 Å². The van der Waals surface area contributed by atoms with Crippen molar-refractivity contribution >= 4 is 11.9 Å². The van der Waals surface area contributed by atoms with Crippen molar-refractivity contribution in [2.24, 2.45) is 11.8 Å². The van der Waals surface area contributed by atoms with Gasteiger partial charge in [0.1, 0.15) is 11.4 Å². The Morgan fingerprint density at radius 3 is 2.35 bits per heavy atom. The number of amides is 1. The first-order valence-electron chi connectivity index (χ1n) is 8.52. The van der Waals surface area contributed by atoms with Crippen LogP contribution >= 0.6 is 0 Å². The van der Waals surface area contributed by atoms with Crippen molar-refractivity contribution in [3.8, 4) is 0 Å². The highest BCUT2D eigenvalue weighted by atomic mass is 16.6. The molecule has 2 rings (SSSR count). The maximum absolute atomic E-state index is 12.5. The lowest BCUT2D eigenvalue weighted by atomic mass is 9.74. The molecule has 0 saturated carbocycles. The monoisotopic (exact) mass is 325 g/mol. The smallest absolute Gasteiger partial charge is 0.410 e. The normalized spacial score (nSPS) is 30.4. The Balaban J connectivity index is 2.13. The fourth-order valence-corrected chi connectivity index (χ4v) is 3.94. The molecule has 2 atom stereocenters. The summed E-state index contributed by atoms with van der Waals surface area (Å²) in [5.41, 5.74) is -1.12. The van der Waals surface area contributed by atoms with E-state index in [4.69, 9.17) is 9.47 Å². The van der Waals surface area contributed by atoms with Gasteiger partial charge in [-0.3, -0.25) is 4.79 Å². The molecule has 2 heterocycles. The van der Waals surface area contributed by atoms with Crippen LogP contribution in [0.15, 0.2) is 0 Å². The molecule has 2 fully saturated rings. The third-order valence-electron chi connectivity index (χ3n) is 4.74. The highest BCUT2D eigenvalue weighted by Crippen LogP contribution is 2.46. The Morgan fingerprint density at radius 1 is 1.26 bits per heavy atom. The molecule has 0 aromatic heterocycles. The van der Waals surface area contributed by atoms with Crippen molar-refractivity contribution in [2.75, 3.05) is 13.1 Å². The molecule has 0 aliphatic carbocycles. The van der Waals surface area contributed by atoms with Crippen LogP contribution in [0.25, 0.3) is 0 Å². The Morgan fingerprint density at radius 2 is 1.87 bits per heavy atom. The average Bonchev–Trinajstić information content (AvgIpc) is 2.55. The third kappa shape index (κ3) is 4.25. The van der Waals surface area contributed by atoms with Gasteiger partial charge in [-0.25, -0.2) is 4.79 Å². The summed E-state index contributed by atoms with van der Waals surface area (Å²) in [4.78, 5) is 26.5. The zero-order chi connectivity index (χ0) is 17.6. The number of Topliss-reactive ketones (excluding diaryl/α,β-unsaturated/α-hetero) is 1. The fourth-order valence-electron chi connectivity index (χ4n) is 3.94. The highest BCUT2D eigenvalue weighted by Gasteiger charge is 2.52. The molecule has 132 valence electrons. The number of ether oxygens (including phenoxy) is 2. The van der Waals surface area contributed by atoms with Gasteiger partial charge < -0.3 is 14.4 Å².